The van der Waals surface area contributed by atoms with Crippen LogP contribution in [0.15, 0.2) is 0 Å². The maximum atomic E-state index is 2.31. The second-order valence-corrected chi connectivity index (χ2v) is 21.6. The summed E-state index contributed by atoms with van der Waals surface area (Å²) in [6.07, 6.45) is 26.4. The second kappa shape index (κ2) is 35.4. The summed E-state index contributed by atoms with van der Waals surface area (Å²) in [4.78, 5) is 0. The second-order valence-electron chi connectivity index (χ2n) is 7.85. The Morgan fingerprint density at radius 2 is 0.552 bits per heavy atom. The first kappa shape index (κ1) is 36.4. The summed E-state index contributed by atoms with van der Waals surface area (Å²) in [5.74, 6) is 0. The third kappa shape index (κ3) is 35.6. The fourth-order valence-electron chi connectivity index (χ4n) is 2.96. The number of hydrogen-bond donors (Lipinski definition) is 0. The quantitative estimate of drug-likeness (QED) is 0.0753. The molecule has 0 bridgehead atoms. The zero-order valence-electron chi connectivity index (χ0n) is 20.7. The van der Waals surface area contributed by atoms with Crippen LogP contribution < -0.4 is 0 Å². The minimum atomic E-state index is 0.422. The first-order valence-corrected chi connectivity index (χ1v) is 22.5. The molecule has 0 radical (unpaired) electrons. The predicted octanol–water partition coefficient (Wildman–Crippen LogP) is 11.5. The van der Waals surface area contributed by atoms with Crippen LogP contribution in [0.25, 0.3) is 0 Å². The van der Waals surface area contributed by atoms with Gasteiger partial charge in [0.15, 0.2) is 0 Å². The van der Waals surface area contributed by atoms with E-state index in [0.717, 1.165) is 0 Å². The third-order valence-electron chi connectivity index (χ3n) is 4.97. The summed E-state index contributed by atoms with van der Waals surface area (Å²) < 4.78 is 0. The Labute approximate surface area is 218 Å². The zero-order chi connectivity index (χ0) is 22.6. The monoisotopic (exact) mass is 716 g/mol. The standard InChI is InChI=1S/2C12H27P.2HI.Ni/c2*1-4-7-10-13(11-8-5-2)12-9-6-3;;;/h2*4-12H2,1-3H3;2*1H;/q;;;;+2/p-2. The molecular weight excluding hydrogens is 663 g/mol. The molecule has 0 atom stereocenters. The summed E-state index contributed by atoms with van der Waals surface area (Å²) in [6, 6.07) is 0. The van der Waals surface area contributed by atoms with Crippen LogP contribution in [0, 0.1) is 0 Å². The molecule has 29 heavy (non-hydrogen) atoms. The summed E-state index contributed by atoms with van der Waals surface area (Å²) in [7, 11) is 2.41. The Hall–Kier alpha value is 2.81. The molecule has 0 aliphatic carbocycles. The Morgan fingerprint density at radius 3 is 0.655 bits per heavy atom. The summed E-state index contributed by atoms with van der Waals surface area (Å²) in [5, 5.41) is 0. The van der Waals surface area contributed by atoms with E-state index in [4.69, 9.17) is 0 Å². The van der Waals surface area contributed by atoms with Crippen LogP contribution in [-0.4, -0.2) is 37.0 Å². The number of unbranched alkanes of at least 4 members (excludes halogenated alkanes) is 6. The van der Waals surface area contributed by atoms with Crippen LogP contribution in [0.2, 0.25) is 0 Å². The SMILES string of the molecule is CCCCP(CCCC)CCCC.CCCCP(CCCC)CCCC.[I][Ni][I]. The first-order valence-electron chi connectivity index (χ1n) is 12.4. The average molecular weight is 717 g/mol. The van der Waals surface area contributed by atoms with E-state index in [1.54, 1.807) is 45.0 Å². The van der Waals surface area contributed by atoms with Gasteiger partial charge in [-0.05, 0) is 75.5 Å². The van der Waals surface area contributed by atoms with Crippen molar-refractivity contribution in [2.24, 2.45) is 0 Å². The van der Waals surface area contributed by atoms with Crippen LogP contribution in [0.3, 0.4) is 0 Å². The van der Waals surface area contributed by atoms with E-state index in [9.17, 15) is 0 Å². The van der Waals surface area contributed by atoms with E-state index in [1.165, 1.54) is 77.0 Å². The molecular formula is C24H54I2NiP2. The van der Waals surface area contributed by atoms with Crippen molar-refractivity contribution in [1.29, 1.82) is 0 Å². The molecule has 0 N–H and O–H groups in total. The molecule has 0 aromatic heterocycles. The van der Waals surface area contributed by atoms with Crippen LogP contribution in [0.1, 0.15) is 119 Å². The molecule has 0 aliphatic heterocycles. The Balaban J connectivity index is -0.000000410. The average Bonchev–Trinajstić information content (AvgIpc) is 2.73. The van der Waals surface area contributed by atoms with Gasteiger partial charge in [-0.3, -0.25) is 0 Å². The molecule has 184 valence electrons. The summed E-state index contributed by atoms with van der Waals surface area (Å²) >= 11 is 4.43. The van der Waals surface area contributed by atoms with Crippen molar-refractivity contribution in [2.75, 3.05) is 37.0 Å². The molecule has 0 amide bonds. The molecule has 0 fully saturated rings. The predicted molar refractivity (Wildman–Crippen MR) is 161 cm³/mol. The molecule has 0 aromatic rings. The Kier molecular flexibility index (Phi) is 44.4. The van der Waals surface area contributed by atoms with Crippen LogP contribution in [0.5, 0.6) is 0 Å². The molecule has 0 spiro atoms. The molecule has 0 nitrogen and oxygen atoms in total. The molecule has 5 heteroatoms. The van der Waals surface area contributed by atoms with Gasteiger partial charge in [-0.15, -0.1) is 15.8 Å². The van der Waals surface area contributed by atoms with Gasteiger partial charge in [0.1, 0.15) is 0 Å². The Bertz CT molecular complexity index is 197. The van der Waals surface area contributed by atoms with Crippen LogP contribution in [-0.2, 0) is 8.07 Å². The topological polar surface area (TPSA) is 0 Å². The normalized spacial score (nSPS) is 10.7. The van der Waals surface area contributed by atoms with Crippen LogP contribution >= 0.6 is 56.8 Å². The van der Waals surface area contributed by atoms with Crippen molar-refractivity contribution >= 4 is 56.8 Å². The van der Waals surface area contributed by atoms with Gasteiger partial charge in [-0.25, -0.2) is 0 Å². The molecule has 0 saturated heterocycles. The van der Waals surface area contributed by atoms with E-state index in [1.807, 2.05) is 0 Å². The van der Waals surface area contributed by atoms with E-state index < -0.39 is 0 Å². The fraction of sp³-hybridized carbons (Fsp3) is 1.00. The molecule has 0 aliphatic rings. The van der Waals surface area contributed by atoms with Gasteiger partial charge in [-0.2, -0.15) is 0 Å². The molecule has 0 heterocycles. The fourth-order valence-corrected chi connectivity index (χ4v) is 8.88. The summed E-state index contributed by atoms with van der Waals surface area (Å²) in [5.41, 5.74) is 0. The van der Waals surface area contributed by atoms with Crippen molar-refractivity contribution in [3.8, 4) is 0 Å². The van der Waals surface area contributed by atoms with E-state index in [2.05, 4.69) is 82.5 Å². The van der Waals surface area contributed by atoms with Crippen LogP contribution in [0.4, 0.5) is 0 Å². The van der Waals surface area contributed by atoms with Gasteiger partial charge < -0.3 is 0 Å². The Morgan fingerprint density at radius 1 is 0.414 bits per heavy atom. The first-order chi connectivity index (χ1) is 14.1. The van der Waals surface area contributed by atoms with Crippen molar-refractivity contribution in [3.05, 3.63) is 0 Å². The van der Waals surface area contributed by atoms with Crippen molar-refractivity contribution in [2.45, 2.75) is 119 Å². The maximum absolute atomic E-state index is 2.31. The number of rotatable bonds is 18. The van der Waals surface area contributed by atoms with Gasteiger partial charge in [0.05, 0.1) is 0 Å². The third-order valence-corrected chi connectivity index (χ3v) is 10.7. The van der Waals surface area contributed by atoms with Crippen molar-refractivity contribution in [3.63, 3.8) is 0 Å². The number of hydrogen-bond acceptors (Lipinski definition) is 0. The van der Waals surface area contributed by atoms with Crippen molar-refractivity contribution < 1.29 is 8.07 Å². The zero-order valence-corrected chi connectivity index (χ0v) is 27.8. The van der Waals surface area contributed by atoms with E-state index >= 15 is 0 Å². The van der Waals surface area contributed by atoms with Crippen molar-refractivity contribution in [1.82, 2.24) is 0 Å². The van der Waals surface area contributed by atoms with Gasteiger partial charge in [-0.1, -0.05) is 80.1 Å². The molecule has 0 rings (SSSR count). The van der Waals surface area contributed by atoms with Gasteiger partial charge in [0.25, 0.3) is 0 Å². The molecule has 0 aromatic carbocycles. The summed E-state index contributed by atoms with van der Waals surface area (Å²) in [6.45, 7) is 13.9. The number of halogens is 2. The van der Waals surface area contributed by atoms with Gasteiger partial charge in [0, 0.05) is 0 Å². The molecule has 0 saturated carbocycles. The van der Waals surface area contributed by atoms with E-state index in [0.29, 0.717) is 15.8 Å². The van der Waals surface area contributed by atoms with E-state index in [-0.39, 0.29) is 0 Å². The molecule has 0 unspecified atom stereocenters. The minimum absolute atomic E-state index is 0.422. The van der Waals surface area contributed by atoms with Gasteiger partial charge in [0.2, 0.25) is 0 Å². The van der Waals surface area contributed by atoms with Gasteiger partial charge >= 0.3 is 49.0 Å².